The molecule has 0 atom stereocenters. The largest absolute Gasteiger partial charge is 0.457 e. The van der Waals surface area contributed by atoms with Crippen LogP contribution in [0.25, 0.3) is 78.1 Å². The summed E-state index contributed by atoms with van der Waals surface area (Å²) in [6, 6.07) is 62.2. The third-order valence-corrected chi connectivity index (χ3v) is 11.7. The monoisotopic (exact) mass is 790 g/mol. The second kappa shape index (κ2) is 15.9. The third-order valence-electron chi connectivity index (χ3n) is 11.7. The molecule has 7 aromatic carbocycles. The molecule has 0 saturated heterocycles. The Morgan fingerprint density at radius 2 is 1.00 bits per heavy atom. The second-order valence-corrected chi connectivity index (χ2v) is 16.3. The van der Waals surface area contributed by atoms with Crippen molar-refractivity contribution in [2.75, 3.05) is 0 Å². The van der Waals surface area contributed by atoms with Gasteiger partial charge in [0.05, 0.1) is 16.7 Å². The third kappa shape index (κ3) is 7.19. The maximum atomic E-state index is 6.64. The van der Waals surface area contributed by atoms with Crippen LogP contribution in [0.3, 0.4) is 0 Å². The Hall–Kier alpha value is -7.50. The van der Waals surface area contributed by atoms with Crippen molar-refractivity contribution in [3.8, 4) is 67.8 Å². The van der Waals surface area contributed by atoms with Gasteiger partial charge >= 0.3 is 0 Å². The summed E-state index contributed by atoms with van der Waals surface area (Å²) >= 11 is 0. The average molecular weight is 791 g/mol. The number of benzene rings is 7. The Morgan fingerprint density at radius 1 is 0.426 bits per heavy atom. The Balaban J connectivity index is 0.971. The highest BCUT2D eigenvalue weighted by Gasteiger charge is 2.22. The first-order valence-corrected chi connectivity index (χ1v) is 21.1. The fraction of sp³-hybridized carbons (Fsp3) is 0.107. The standard InChI is InChI=1S/C56H46N4O/c1-37(2)50-34-45(43-26-24-42(25-27-43)41-22-20-40(21-23-41)39-13-6-5-7-14-39)35-51(38(3)4)55(50)59-32-31-58-56(59)44-15-12-16-46(33-44)61-47-28-29-49-48-17-8-9-18-52(48)60(53(49)36-47)54-19-10-11-30-57-54/h5-38H,1-4H3. The minimum Gasteiger partial charge on any atom is -0.457 e. The van der Waals surface area contributed by atoms with E-state index >= 15 is 0 Å². The predicted molar refractivity (Wildman–Crippen MR) is 252 cm³/mol. The van der Waals surface area contributed by atoms with Crippen molar-refractivity contribution in [1.82, 2.24) is 19.1 Å². The normalized spacial score (nSPS) is 11.6. The van der Waals surface area contributed by atoms with Gasteiger partial charge < -0.3 is 4.74 Å². The van der Waals surface area contributed by atoms with Gasteiger partial charge in [0.1, 0.15) is 23.1 Å². The zero-order valence-corrected chi connectivity index (χ0v) is 34.8. The van der Waals surface area contributed by atoms with Gasteiger partial charge in [-0.05, 0) is 111 Å². The number of ether oxygens (including phenoxy) is 1. The number of hydrogen-bond donors (Lipinski definition) is 0. The van der Waals surface area contributed by atoms with Crippen LogP contribution in [0, 0.1) is 0 Å². The van der Waals surface area contributed by atoms with Crippen LogP contribution in [-0.2, 0) is 0 Å². The van der Waals surface area contributed by atoms with Crippen molar-refractivity contribution in [3.05, 3.63) is 206 Å². The van der Waals surface area contributed by atoms with Crippen molar-refractivity contribution in [2.45, 2.75) is 39.5 Å². The van der Waals surface area contributed by atoms with Crippen LogP contribution in [0.2, 0.25) is 0 Å². The number of nitrogens with zero attached hydrogens (tertiary/aromatic N) is 4. The van der Waals surface area contributed by atoms with Crippen molar-refractivity contribution < 1.29 is 4.74 Å². The van der Waals surface area contributed by atoms with E-state index in [9.17, 15) is 0 Å². The molecule has 10 aromatic rings. The van der Waals surface area contributed by atoms with E-state index in [1.54, 1.807) is 0 Å². The summed E-state index contributed by atoms with van der Waals surface area (Å²) in [6.45, 7) is 9.13. The summed E-state index contributed by atoms with van der Waals surface area (Å²) in [7, 11) is 0. The lowest BCUT2D eigenvalue weighted by Gasteiger charge is -2.24. The van der Waals surface area contributed by atoms with Crippen LogP contribution in [0.5, 0.6) is 11.5 Å². The molecular weight excluding hydrogens is 745 g/mol. The Kier molecular flexibility index (Phi) is 9.86. The Bertz CT molecular complexity index is 3110. The number of hydrogen-bond acceptors (Lipinski definition) is 3. The Labute approximate surface area is 357 Å². The fourth-order valence-electron chi connectivity index (χ4n) is 8.62. The SMILES string of the molecule is CC(C)c1cc(-c2ccc(-c3ccc(-c4ccccc4)cc3)cc2)cc(C(C)C)c1-n1ccnc1-c1cccc(Oc2ccc3c4ccccc4n(-c4ccccn4)c3c2)c1. The smallest absolute Gasteiger partial charge is 0.144 e. The highest BCUT2D eigenvalue weighted by molar-refractivity contribution is 6.09. The molecule has 61 heavy (non-hydrogen) atoms. The number of rotatable bonds is 10. The molecule has 5 heteroatoms. The maximum Gasteiger partial charge on any atom is 0.144 e. The molecule has 5 nitrogen and oxygen atoms in total. The van der Waals surface area contributed by atoms with E-state index in [1.165, 1.54) is 55.6 Å². The van der Waals surface area contributed by atoms with E-state index in [0.717, 1.165) is 45.1 Å². The highest BCUT2D eigenvalue weighted by atomic mass is 16.5. The van der Waals surface area contributed by atoms with Crippen LogP contribution in [-0.4, -0.2) is 19.1 Å². The molecule has 0 aliphatic heterocycles. The first kappa shape index (κ1) is 37.7. The molecule has 0 fully saturated rings. The van der Waals surface area contributed by atoms with Crippen LogP contribution in [0.15, 0.2) is 195 Å². The summed E-state index contributed by atoms with van der Waals surface area (Å²) in [5, 5.41) is 2.33. The molecule has 0 saturated carbocycles. The van der Waals surface area contributed by atoms with Crippen LogP contribution >= 0.6 is 0 Å². The molecule has 296 valence electrons. The van der Waals surface area contributed by atoms with E-state index in [2.05, 4.69) is 183 Å². The summed E-state index contributed by atoms with van der Waals surface area (Å²) in [5.41, 5.74) is 14.2. The zero-order chi connectivity index (χ0) is 41.5. The summed E-state index contributed by atoms with van der Waals surface area (Å²) in [5.74, 6) is 3.78. The number of para-hydroxylation sites is 1. The van der Waals surface area contributed by atoms with E-state index in [1.807, 2.05) is 48.8 Å². The predicted octanol–water partition coefficient (Wildman–Crippen LogP) is 15.1. The van der Waals surface area contributed by atoms with Crippen molar-refractivity contribution in [3.63, 3.8) is 0 Å². The van der Waals surface area contributed by atoms with Crippen LogP contribution in [0.1, 0.15) is 50.7 Å². The minimum absolute atomic E-state index is 0.274. The lowest BCUT2D eigenvalue weighted by molar-refractivity contribution is 0.483. The van der Waals surface area contributed by atoms with Gasteiger partial charge in [0.15, 0.2) is 0 Å². The lowest BCUT2D eigenvalue weighted by Crippen LogP contribution is -2.08. The number of aromatic nitrogens is 4. The highest BCUT2D eigenvalue weighted by Crippen LogP contribution is 2.40. The first-order valence-electron chi connectivity index (χ1n) is 21.1. The fourth-order valence-corrected chi connectivity index (χ4v) is 8.62. The number of fused-ring (bicyclic) bond motifs is 3. The summed E-state index contributed by atoms with van der Waals surface area (Å²) in [4.78, 5) is 9.66. The second-order valence-electron chi connectivity index (χ2n) is 16.3. The first-order chi connectivity index (χ1) is 29.9. The van der Waals surface area contributed by atoms with E-state index in [0.29, 0.717) is 0 Å². The molecular formula is C56H46N4O. The van der Waals surface area contributed by atoms with Crippen molar-refractivity contribution >= 4 is 21.8 Å². The van der Waals surface area contributed by atoms with Gasteiger partial charge in [-0.3, -0.25) is 9.13 Å². The molecule has 10 rings (SSSR count). The average Bonchev–Trinajstić information content (AvgIpc) is 3.92. The van der Waals surface area contributed by atoms with Gasteiger partial charge in [-0.25, -0.2) is 9.97 Å². The topological polar surface area (TPSA) is 44.9 Å². The van der Waals surface area contributed by atoms with Gasteiger partial charge in [0.2, 0.25) is 0 Å². The molecule has 0 aliphatic carbocycles. The minimum atomic E-state index is 0.274. The molecule has 3 aromatic heterocycles. The summed E-state index contributed by atoms with van der Waals surface area (Å²) in [6.07, 6.45) is 5.83. The molecule has 0 radical (unpaired) electrons. The van der Waals surface area contributed by atoms with E-state index < -0.39 is 0 Å². The lowest BCUT2D eigenvalue weighted by atomic mass is 9.87. The number of pyridine rings is 1. The van der Waals surface area contributed by atoms with E-state index in [4.69, 9.17) is 14.7 Å². The van der Waals surface area contributed by atoms with Crippen LogP contribution in [0.4, 0.5) is 0 Å². The quantitative estimate of drug-likeness (QED) is 0.139. The molecule has 0 spiro atoms. The summed E-state index contributed by atoms with van der Waals surface area (Å²) < 4.78 is 11.1. The molecule has 0 bridgehead atoms. The molecule has 0 aliphatic rings. The van der Waals surface area contributed by atoms with Gasteiger partial charge in [0.25, 0.3) is 0 Å². The maximum absolute atomic E-state index is 6.64. The number of imidazole rings is 1. The molecule has 0 amide bonds. The molecule has 3 heterocycles. The van der Waals surface area contributed by atoms with Gasteiger partial charge in [0, 0.05) is 41.0 Å². The van der Waals surface area contributed by atoms with E-state index in [-0.39, 0.29) is 11.8 Å². The van der Waals surface area contributed by atoms with Gasteiger partial charge in [-0.15, -0.1) is 0 Å². The zero-order valence-electron chi connectivity index (χ0n) is 34.8. The molecule has 0 N–H and O–H groups in total. The van der Waals surface area contributed by atoms with Crippen LogP contribution < -0.4 is 4.74 Å². The molecule has 0 unspecified atom stereocenters. The van der Waals surface area contributed by atoms with Crippen molar-refractivity contribution in [1.29, 1.82) is 0 Å². The van der Waals surface area contributed by atoms with Crippen molar-refractivity contribution in [2.24, 2.45) is 0 Å². The van der Waals surface area contributed by atoms with Gasteiger partial charge in [-0.1, -0.05) is 143 Å². The van der Waals surface area contributed by atoms with Gasteiger partial charge in [-0.2, -0.15) is 0 Å². The Morgan fingerprint density at radius 3 is 1.66 bits per heavy atom.